The molecule has 6 heteroatoms. The van der Waals surface area contributed by atoms with E-state index in [0.29, 0.717) is 0 Å². The maximum Gasteiger partial charge on any atom is 0.317 e. The SMILES string of the molecule is O=C(CC(=O)OCc1cccs1)OCc1cccs1. The largest absolute Gasteiger partial charge is 0.460 e. The molecule has 19 heavy (non-hydrogen) atoms. The van der Waals surface area contributed by atoms with Crippen LogP contribution in [0.25, 0.3) is 0 Å². The van der Waals surface area contributed by atoms with E-state index < -0.39 is 11.9 Å². The zero-order valence-corrected chi connectivity index (χ0v) is 11.7. The first-order chi connectivity index (χ1) is 9.24. The van der Waals surface area contributed by atoms with Crippen molar-refractivity contribution in [2.45, 2.75) is 19.6 Å². The van der Waals surface area contributed by atoms with Crippen molar-refractivity contribution in [1.29, 1.82) is 0 Å². The fourth-order valence-electron chi connectivity index (χ4n) is 1.31. The maximum absolute atomic E-state index is 11.4. The van der Waals surface area contributed by atoms with E-state index in [9.17, 15) is 9.59 Å². The second-order valence-electron chi connectivity index (χ2n) is 3.66. The molecule has 2 heterocycles. The molecule has 0 unspecified atom stereocenters. The van der Waals surface area contributed by atoms with Gasteiger partial charge in [-0.15, -0.1) is 22.7 Å². The Bertz CT molecular complexity index is 469. The summed E-state index contributed by atoms with van der Waals surface area (Å²) in [6.45, 7) is 0.406. The van der Waals surface area contributed by atoms with Crippen molar-refractivity contribution in [3.63, 3.8) is 0 Å². The minimum absolute atomic E-state index is 0.203. The minimum Gasteiger partial charge on any atom is -0.460 e. The zero-order chi connectivity index (χ0) is 13.5. The number of ether oxygens (including phenoxy) is 2. The summed E-state index contributed by atoms with van der Waals surface area (Å²) >= 11 is 3.00. The molecule has 0 atom stereocenters. The van der Waals surface area contributed by atoms with Crippen LogP contribution in [-0.4, -0.2) is 11.9 Å². The molecule has 0 bridgehead atoms. The molecule has 4 nitrogen and oxygen atoms in total. The van der Waals surface area contributed by atoms with Crippen LogP contribution in [0.15, 0.2) is 35.0 Å². The fraction of sp³-hybridized carbons (Fsp3) is 0.231. The summed E-state index contributed by atoms with van der Waals surface area (Å²) in [4.78, 5) is 24.7. The van der Waals surface area contributed by atoms with Crippen molar-refractivity contribution in [3.05, 3.63) is 44.8 Å². The normalized spacial score (nSPS) is 10.1. The lowest BCUT2D eigenvalue weighted by Gasteiger charge is -2.04. The molecule has 0 aromatic carbocycles. The van der Waals surface area contributed by atoms with E-state index in [4.69, 9.17) is 9.47 Å². The Labute approximate surface area is 118 Å². The molecule has 0 aliphatic carbocycles. The summed E-state index contributed by atoms with van der Waals surface area (Å²) in [5.74, 6) is -1.13. The van der Waals surface area contributed by atoms with Crippen molar-refractivity contribution >= 4 is 34.6 Å². The third-order valence-electron chi connectivity index (χ3n) is 2.20. The van der Waals surface area contributed by atoms with Crippen LogP contribution in [0.3, 0.4) is 0 Å². The van der Waals surface area contributed by atoms with Gasteiger partial charge in [-0.3, -0.25) is 9.59 Å². The second kappa shape index (κ2) is 7.06. The monoisotopic (exact) mass is 296 g/mol. The molecule has 0 amide bonds. The Kier molecular flexibility index (Phi) is 5.11. The predicted octanol–water partition coefficient (Wildman–Crippen LogP) is 2.99. The van der Waals surface area contributed by atoms with Crippen LogP contribution in [0, 0.1) is 0 Å². The van der Waals surface area contributed by atoms with Crippen LogP contribution in [0.1, 0.15) is 16.2 Å². The van der Waals surface area contributed by atoms with Crippen LogP contribution in [0.5, 0.6) is 0 Å². The topological polar surface area (TPSA) is 52.6 Å². The number of hydrogen-bond acceptors (Lipinski definition) is 6. The molecule has 0 saturated carbocycles. The van der Waals surface area contributed by atoms with Crippen molar-refractivity contribution in [2.24, 2.45) is 0 Å². The molecule has 0 fully saturated rings. The van der Waals surface area contributed by atoms with Gasteiger partial charge in [0.25, 0.3) is 0 Å². The Morgan fingerprint density at radius 1 is 0.895 bits per heavy atom. The smallest absolute Gasteiger partial charge is 0.317 e. The summed E-state index contributed by atoms with van der Waals surface area (Å²) in [7, 11) is 0. The van der Waals surface area contributed by atoms with Gasteiger partial charge in [0.05, 0.1) is 0 Å². The third kappa shape index (κ3) is 4.84. The molecular weight excluding hydrogens is 284 g/mol. The zero-order valence-electron chi connectivity index (χ0n) is 10.0. The molecule has 0 saturated heterocycles. The Balaban J connectivity index is 1.65. The lowest BCUT2D eigenvalue weighted by atomic mass is 10.4. The molecule has 0 aliphatic heterocycles. The molecule has 100 valence electrons. The van der Waals surface area contributed by atoms with E-state index in [1.165, 1.54) is 22.7 Å². The van der Waals surface area contributed by atoms with Gasteiger partial charge in [0.2, 0.25) is 0 Å². The van der Waals surface area contributed by atoms with E-state index >= 15 is 0 Å². The Morgan fingerprint density at radius 2 is 1.37 bits per heavy atom. The van der Waals surface area contributed by atoms with E-state index in [1.54, 1.807) is 0 Å². The van der Waals surface area contributed by atoms with E-state index in [-0.39, 0.29) is 19.6 Å². The van der Waals surface area contributed by atoms with Crippen LogP contribution in [0.4, 0.5) is 0 Å². The molecule has 0 radical (unpaired) electrons. The van der Waals surface area contributed by atoms with Gasteiger partial charge in [0.1, 0.15) is 19.6 Å². The first-order valence-electron chi connectivity index (χ1n) is 5.60. The molecule has 0 N–H and O–H groups in total. The van der Waals surface area contributed by atoms with Gasteiger partial charge in [-0.1, -0.05) is 12.1 Å². The number of hydrogen-bond donors (Lipinski definition) is 0. The Morgan fingerprint density at radius 3 is 1.74 bits per heavy atom. The lowest BCUT2D eigenvalue weighted by Crippen LogP contribution is -2.13. The van der Waals surface area contributed by atoms with Gasteiger partial charge in [0, 0.05) is 9.75 Å². The highest BCUT2D eigenvalue weighted by molar-refractivity contribution is 7.10. The van der Waals surface area contributed by atoms with E-state index in [2.05, 4.69) is 0 Å². The van der Waals surface area contributed by atoms with Crippen molar-refractivity contribution < 1.29 is 19.1 Å². The second-order valence-corrected chi connectivity index (χ2v) is 5.72. The number of esters is 2. The van der Waals surface area contributed by atoms with Gasteiger partial charge >= 0.3 is 11.9 Å². The highest BCUT2D eigenvalue weighted by Gasteiger charge is 2.12. The minimum atomic E-state index is -0.565. The predicted molar refractivity (Wildman–Crippen MR) is 72.8 cm³/mol. The first kappa shape index (κ1) is 13.8. The summed E-state index contributed by atoms with van der Waals surface area (Å²) < 4.78 is 9.93. The quantitative estimate of drug-likeness (QED) is 0.607. The first-order valence-corrected chi connectivity index (χ1v) is 7.36. The maximum atomic E-state index is 11.4. The number of rotatable bonds is 6. The molecule has 2 rings (SSSR count). The van der Waals surface area contributed by atoms with Crippen LogP contribution in [0.2, 0.25) is 0 Å². The summed E-state index contributed by atoms with van der Waals surface area (Å²) in [6.07, 6.45) is -0.350. The van der Waals surface area contributed by atoms with Crippen molar-refractivity contribution in [3.8, 4) is 0 Å². The fourth-order valence-corrected chi connectivity index (χ4v) is 2.54. The van der Waals surface area contributed by atoms with Crippen LogP contribution in [-0.2, 0) is 32.3 Å². The molecule has 0 spiro atoms. The van der Waals surface area contributed by atoms with Gasteiger partial charge in [-0.2, -0.15) is 0 Å². The van der Waals surface area contributed by atoms with Crippen LogP contribution < -0.4 is 0 Å². The van der Waals surface area contributed by atoms with Gasteiger partial charge in [-0.25, -0.2) is 0 Å². The number of carbonyl (C=O) groups excluding carboxylic acids is 2. The van der Waals surface area contributed by atoms with Gasteiger partial charge < -0.3 is 9.47 Å². The van der Waals surface area contributed by atoms with Crippen molar-refractivity contribution in [2.75, 3.05) is 0 Å². The molecular formula is C13H12O4S2. The average molecular weight is 296 g/mol. The number of thiophene rings is 2. The van der Waals surface area contributed by atoms with E-state index in [1.807, 2.05) is 35.0 Å². The number of carbonyl (C=O) groups is 2. The highest BCUT2D eigenvalue weighted by atomic mass is 32.1. The van der Waals surface area contributed by atoms with Gasteiger partial charge in [0.15, 0.2) is 0 Å². The lowest BCUT2D eigenvalue weighted by molar-refractivity contribution is -0.155. The van der Waals surface area contributed by atoms with Crippen LogP contribution >= 0.6 is 22.7 Å². The standard InChI is InChI=1S/C13H12O4S2/c14-12(16-8-10-3-1-5-18-10)7-13(15)17-9-11-4-2-6-19-11/h1-6H,7-9H2. The highest BCUT2D eigenvalue weighted by Crippen LogP contribution is 2.11. The summed E-state index contributed by atoms with van der Waals surface area (Å²) in [5.41, 5.74) is 0. The Hall–Kier alpha value is -1.66. The average Bonchev–Trinajstić information content (AvgIpc) is 3.07. The summed E-state index contributed by atoms with van der Waals surface area (Å²) in [5, 5.41) is 3.80. The van der Waals surface area contributed by atoms with E-state index in [0.717, 1.165) is 9.75 Å². The van der Waals surface area contributed by atoms with Crippen molar-refractivity contribution in [1.82, 2.24) is 0 Å². The molecule has 2 aromatic heterocycles. The van der Waals surface area contributed by atoms with Gasteiger partial charge in [-0.05, 0) is 22.9 Å². The molecule has 2 aromatic rings. The third-order valence-corrected chi connectivity index (χ3v) is 3.90. The summed E-state index contributed by atoms with van der Waals surface area (Å²) in [6, 6.07) is 7.49. The molecule has 0 aliphatic rings.